The monoisotopic (exact) mass is 218 g/mol. The number of hydrogen-bond donors (Lipinski definition) is 1. The van der Waals surface area contributed by atoms with E-state index in [9.17, 15) is 0 Å². The van der Waals surface area contributed by atoms with E-state index in [1.54, 1.807) is 0 Å². The molecular formula is C14H22N2. The molecule has 0 spiro atoms. The van der Waals surface area contributed by atoms with E-state index in [0.29, 0.717) is 0 Å². The van der Waals surface area contributed by atoms with Crippen molar-refractivity contribution in [1.29, 1.82) is 0 Å². The minimum absolute atomic E-state index is 0.781. The maximum absolute atomic E-state index is 6.08. The van der Waals surface area contributed by atoms with Crippen LogP contribution in [-0.4, -0.2) is 13.1 Å². The topological polar surface area (TPSA) is 29.3 Å². The molecule has 88 valence electrons. The molecular weight excluding hydrogens is 196 g/mol. The van der Waals surface area contributed by atoms with Gasteiger partial charge in [0.15, 0.2) is 0 Å². The van der Waals surface area contributed by atoms with E-state index in [1.807, 2.05) is 0 Å². The van der Waals surface area contributed by atoms with Crippen LogP contribution in [0, 0.1) is 25.7 Å². The lowest BCUT2D eigenvalue weighted by Gasteiger charge is -2.44. The standard InChI is InChI=1S/C14H22N2/c1-9(2)12-7-16(8-12)14-6-11(4)10(3)5-13(14)15/h5-6,9,12H,7-8,15H2,1-4H3. The molecule has 1 saturated heterocycles. The number of nitrogens with two attached hydrogens (primary N) is 1. The molecule has 1 aromatic carbocycles. The Labute approximate surface area is 98.4 Å². The average Bonchev–Trinajstić information content (AvgIpc) is 2.10. The van der Waals surface area contributed by atoms with Crippen molar-refractivity contribution in [2.75, 3.05) is 23.7 Å². The fourth-order valence-electron chi connectivity index (χ4n) is 2.23. The first-order valence-corrected chi connectivity index (χ1v) is 6.10. The second-order valence-corrected chi connectivity index (χ2v) is 5.40. The van der Waals surface area contributed by atoms with E-state index in [1.165, 1.54) is 16.8 Å². The molecule has 0 atom stereocenters. The van der Waals surface area contributed by atoms with Crippen LogP contribution in [0.1, 0.15) is 25.0 Å². The lowest BCUT2D eigenvalue weighted by atomic mass is 9.87. The molecule has 2 heteroatoms. The number of nitrogen functional groups attached to an aromatic ring is 1. The summed E-state index contributed by atoms with van der Waals surface area (Å²) in [6.45, 7) is 11.2. The number of anilines is 2. The number of rotatable bonds is 2. The molecule has 2 nitrogen and oxygen atoms in total. The Morgan fingerprint density at radius 3 is 2.31 bits per heavy atom. The Morgan fingerprint density at radius 2 is 1.75 bits per heavy atom. The van der Waals surface area contributed by atoms with Crippen molar-refractivity contribution < 1.29 is 0 Å². The normalized spacial score (nSPS) is 16.7. The van der Waals surface area contributed by atoms with Crippen molar-refractivity contribution >= 4 is 11.4 Å². The number of nitrogens with zero attached hydrogens (tertiary/aromatic N) is 1. The zero-order valence-electron chi connectivity index (χ0n) is 10.7. The van der Waals surface area contributed by atoms with Crippen LogP contribution in [0.15, 0.2) is 12.1 Å². The highest BCUT2D eigenvalue weighted by atomic mass is 15.2. The van der Waals surface area contributed by atoms with Crippen LogP contribution < -0.4 is 10.6 Å². The third-order valence-electron chi connectivity index (χ3n) is 3.84. The highest BCUT2D eigenvalue weighted by molar-refractivity contribution is 5.70. The first kappa shape index (κ1) is 11.3. The van der Waals surface area contributed by atoms with Crippen LogP contribution in [0.2, 0.25) is 0 Å². The molecule has 2 rings (SSSR count). The third-order valence-corrected chi connectivity index (χ3v) is 3.84. The molecule has 0 saturated carbocycles. The van der Waals surface area contributed by atoms with E-state index in [4.69, 9.17) is 5.73 Å². The molecule has 2 N–H and O–H groups in total. The Hall–Kier alpha value is -1.18. The van der Waals surface area contributed by atoms with Gasteiger partial charge in [-0.1, -0.05) is 13.8 Å². The first-order chi connectivity index (χ1) is 7.49. The van der Waals surface area contributed by atoms with Crippen molar-refractivity contribution in [3.8, 4) is 0 Å². The van der Waals surface area contributed by atoms with Crippen LogP contribution in [0.3, 0.4) is 0 Å². The molecule has 1 aliphatic rings. The predicted molar refractivity (Wildman–Crippen MR) is 70.9 cm³/mol. The molecule has 0 bridgehead atoms. The summed E-state index contributed by atoms with van der Waals surface area (Å²) in [5, 5.41) is 0. The summed E-state index contributed by atoms with van der Waals surface area (Å²) < 4.78 is 0. The van der Waals surface area contributed by atoms with Crippen molar-refractivity contribution in [2.45, 2.75) is 27.7 Å². The highest BCUT2D eigenvalue weighted by Gasteiger charge is 2.30. The summed E-state index contributed by atoms with van der Waals surface area (Å²) in [4.78, 5) is 2.40. The van der Waals surface area contributed by atoms with Gasteiger partial charge in [-0.25, -0.2) is 0 Å². The smallest absolute Gasteiger partial charge is 0.0602 e. The fraction of sp³-hybridized carbons (Fsp3) is 0.571. The van der Waals surface area contributed by atoms with Crippen LogP contribution in [0.25, 0.3) is 0 Å². The Kier molecular flexibility index (Phi) is 2.83. The Bertz CT molecular complexity index is 390. The Balaban J connectivity index is 2.15. The summed E-state index contributed by atoms with van der Waals surface area (Å²) in [6.07, 6.45) is 0. The van der Waals surface area contributed by atoms with Crippen molar-refractivity contribution in [1.82, 2.24) is 0 Å². The van der Waals surface area contributed by atoms with Gasteiger partial charge in [0.2, 0.25) is 0 Å². The van der Waals surface area contributed by atoms with Gasteiger partial charge in [-0.05, 0) is 48.9 Å². The van der Waals surface area contributed by atoms with Crippen molar-refractivity contribution in [3.63, 3.8) is 0 Å². The number of benzene rings is 1. The molecule has 0 aromatic heterocycles. The van der Waals surface area contributed by atoms with Gasteiger partial charge in [-0.3, -0.25) is 0 Å². The van der Waals surface area contributed by atoms with Crippen molar-refractivity contribution in [2.24, 2.45) is 11.8 Å². The fourth-order valence-corrected chi connectivity index (χ4v) is 2.23. The maximum atomic E-state index is 6.08. The lowest BCUT2D eigenvalue weighted by molar-refractivity contribution is 0.310. The molecule has 0 unspecified atom stereocenters. The predicted octanol–water partition coefficient (Wildman–Crippen LogP) is 2.98. The van der Waals surface area contributed by atoms with Gasteiger partial charge in [-0.2, -0.15) is 0 Å². The zero-order valence-corrected chi connectivity index (χ0v) is 10.7. The van der Waals surface area contributed by atoms with Crippen LogP contribution in [0.5, 0.6) is 0 Å². The molecule has 0 amide bonds. The van der Waals surface area contributed by atoms with E-state index < -0.39 is 0 Å². The Morgan fingerprint density at radius 1 is 1.19 bits per heavy atom. The molecule has 1 aliphatic heterocycles. The summed E-state index contributed by atoms with van der Waals surface area (Å²) in [6, 6.07) is 4.31. The van der Waals surface area contributed by atoms with E-state index in [2.05, 4.69) is 44.7 Å². The van der Waals surface area contributed by atoms with E-state index >= 15 is 0 Å². The first-order valence-electron chi connectivity index (χ1n) is 6.10. The molecule has 1 aromatic rings. The summed E-state index contributed by atoms with van der Waals surface area (Å²) in [5.41, 5.74) is 10.8. The molecule has 16 heavy (non-hydrogen) atoms. The van der Waals surface area contributed by atoms with Gasteiger partial charge >= 0.3 is 0 Å². The number of hydrogen-bond acceptors (Lipinski definition) is 2. The summed E-state index contributed by atoms with van der Waals surface area (Å²) in [5.74, 6) is 1.62. The molecule has 1 fully saturated rings. The zero-order chi connectivity index (χ0) is 11.9. The van der Waals surface area contributed by atoms with Crippen LogP contribution in [-0.2, 0) is 0 Å². The second-order valence-electron chi connectivity index (χ2n) is 5.40. The average molecular weight is 218 g/mol. The highest BCUT2D eigenvalue weighted by Crippen LogP contribution is 2.34. The quantitative estimate of drug-likeness (QED) is 0.773. The number of aryl methyl sites for hydroxylation is 2. The molecule has 1 heterocycles. The van der Waals surface area contributed by atoms with Gasteiger partial charge in [0.1, 0.15) is 0 Å². The maximum Gasteiger partial charge on any atom is 0.0602 e. The van der Waals surface area contributed by atoms with Crippen molar-refractivity contribution in [3.05, 3.63) is 23.3 Å². The van der Waals surface area contributed by atoms with E-state index in [-0.39, 0.29) is 0 Å². The minimum atomic E-state index is 0.781. The van der Waals surface area contributed by atoms with E-state index in [0.717, 1.165) is 30.6 Å². The minimum Gasteiger partial charge on any atom is -0.397 e. The van der Waals surface area contributed by atoms with Gasteiger partial charge in [0.25, 0.3) is 0 Å². The summed E-state index contributed by atoms with van der Waals surface area (Å²) >= 11 is 0. The third kappa shape index (κ3) is 1.89. The second kappa shape index (κ2) is 4.00. The van der Waals surface area contributed by atoms with Gasteiger partial charge in [0.05, 0.1) is 11.4 Å². The summed E-state index contributed by atoms with van der Waals surface area (Å²) in [7, 11) is 0. The van der Waals surface area contributed by atoms with Gasteiger partial charge in [-0.15, -0.1) is 0 Å². The van der Waals surface area contributed by atoms with Gasteiger partial charge < -0.3 is 10.6 Å². The lowest BCUT2D eigenvalue weighted by Crippen LogP contribution is -2.49. The SMILES string of the molecule is Cc1cc(N)c(N2CC(C(C)C)C2)cc1C. The molecule has 0 aliphatic carbocycles. The molecule has 0 radical (unpaired) electrons. The van der Waals surface area contributed by atoms with Crippen LogP contribution in [0.4, 0.5) is 11.4 Å². The van der Waals surface area contributed by atoms with Crippen LogP contribution >= 0.6 is 0 Å². The largest absolute Gasteiger partial charge is 0.397 e. The van der Waals surface area contributed by atoms with Gasteiger partial charge in [0, 0.05) is 13.1 Å².